The fourth-order valence-corrected chi connectivity index (χ4v) is 5.03. The van der Waals surface area contributed by atoms with Gasteiger partial charge in [0.25, 0.3) is 5.56 Å². The van der Waals surface area contributed by atoms with Gasteiger partial charge in [0.2, 0.25) is 0 Å². The number of hydrogen-bond acceptors (Lipinski definition) is 4. The highest BCUT2D eigenvalue weighted by Gasteiger charge is 2.33. The summed E-state index contributed by atoms with van der Waals surface area (Å²) in [6.45, 7) is 4.08. The first-order valence-electron chi connectivity index (χ1n) is 9.33. The SMILES string of the molecule is CC(C)Nc1c(Cc2cccc3ccccc23)cc(=O)n2c1SC[C@H]2C(=O)O. The molecule has 0 unspecified atom stereocenters. The van der Waals surface area contributed by atoms with E-state index < -0.39 is 12.0 Å². The number of nitrogens with zero attached hydrogens (tertiary/aromatic N) is 1. The Labute approximate surface area is 167 Å². The average molecular weight is 394 g/mol. The van der Waals surface area contributed by atoms with Gasteiger partial charge in [0.1, 0.15) is 11.1 Å². The highest BCUT2D eigenvalue weighted by molar-refractivity contribution is 7.99. The van der Waals surface area contributed by atoms with Gasteiger partial charge in [-0.2, -0.15) is 0 Å². The topological polar surface area (TPSA) is 71.3 Å². The van der Waals surface area contributed by atoms with E-state index in [-0.39, 0.29) is 11.6 Å². The molecule has 0 bridgehead atoms. The van der Waals surface area contributed by atoms with Gasteiger partial charge in [-0.05, 0) is 35.7 Å². The van der Waals surface area contributed by atoms with Crippen molar-refractivity contribution in [1.29, 1.82) is 0 Å². The lowest BCUT2D eigenvalue weighted by Gasteiger charge is -2.20. The second-order valence-corrected chi connectivity index (χ2v) is 8.35. The van der Waals surface area contributed by atoms with Crippen LogP contribution in [0.5, 0.6) is 0 Å². The minimum Gasteiger partial charge on any atom is -0.480 e. The number of carbonyl (C=O) groups is 1. The van der Waals surface area contributed by atoms with E-state index in [1.165, 1.54) is 16.3 Å². The number of aromatic nitrogens is 1. The first-order chi connectivity index (χ1) is 13.5. The molecule has 1 aromatic heterocycles. The second-order valence-electron chi connectivity index (χ2n) is 7.34. The molecule has 0 spiro atoms. The highest BCUT2D eigenvalue weighted by atomic mass is 32.2. The fourth-order valence-electron chi connectivity index (χ4n) is 3.73. The predicted molar refractivity (Wildman–Crippen MR) is 114 cm³/mol. The maximum absolute atomic E-state index is 12.8. The number of fused-ring (bicyclic) bond motifs is 2. The van der Waals surface area contributed by atoms with Crippen molar-refractivity contribution in [3.05, 3.63) is 70.0 Å². The van der Waals surface area contributed by atoms with Crippen molar-refractivity contribution in [3.63, 3.8) is 0 Å². The van der Waals surface area contributed by atoms with Gasteiger partial charge in [0.05, 0.1) is 5.69 Å². The minimum absolute atomic E-state index is 0.165. The number of pyridine rings is 1. The van der Waals surface area contributed by atoms with Crippen LogP contribution in [-0.2, 0) is 11.2 Å². The summed E-state index contributed by atoms with van der Waals surface area (Å²) >= 11 is 1.44. The van der Waals surface area contributed by atoms with Crippen molar-refractivity contribution >= 4 is 34.2 Å². The molecule has 1 aliphatic rings. The van der Waals surface area contributed by atoms with Gasteiger partial charge in [0.15, 0.2) is 0 Å². The normalized spacial score (nSPS) is 15.8. The third-order valence-electron chi connectivity index (χ3n) is 4.96. The Morgan fingerprint density at radius 1 is 1.21 bits per heavy atom. The number of benzene rings is 2. The number of carboxylic acids is 1. The monoisotopic (exact) mass is 394 g/mol. The molecule has 5 nitrogen and oxygen atoms in total. The molecule has 0 saturated heterocycles. The number of aliphatic carboxylic acids is 1. The molecule has 4 rings (SSSR count). The maximum Gasteiger partial charge on any atom is 0.327 e. The summed E-state index contributed by atoms with van der Waals surface area (Å²) in [4.78, 5) is 24.4. The van der Waals surface area contributed by atoms with Gasteiger partial charge in [-0.3, -0.25) is 9.36 Å². The third kappa shape index (κ3) is 3.29. The zero-order valence-electron chi connectivity index (χ0n) is 15.8. The van der Waals surface area contributed by atoms with Crippen molar-refractivity contribution in [2.45, 2.75) is 37.4 Å². The van der Waals surface area contributed by atoms with E-state index in [9.17, 15) is 14.7 Å². The number of hydrogen-bond donors (Lipinski definition) is 2. The van der Waals surface area contributed by atoms with E-state index in [1.807, 2.05) is 32.0 Å². The molecule has 2 N–H and O–H groups in total. The quantitative estimate of drug-likeness (QED) is 0.680. The van der Waals surface area contributed by atoms with E-state index in [2.05, 4.69) is 29.6 Å². The van der Waals surface area contributed by atoms with E-state index in [0.29, 0.717) is 12.2 Å². The Morgan fingerprint density at radius 3 is 2.71 bits per heavy atom. The van der Waals surface area contributed by atoms with Crippen LogP contribution in [0.1, 0.15) is 31.0 Å². The average Bonchev–Trinajstić information content (AvgIpc) is 3.11. The Balaban J connectivity index is 1.86. The van der Waals surface area contributed by atoms with Crippen molar-refractivity contribution in [2.75, 3.05) is 11.1 Å². The molecule has 2 heterocycles. The molecular formula is C22H22N2O3S. The molecule has 144 valence electrons. The van der Waals surface area contributed by atoms with Crippen molar-refractivity contribution in [3.8, 4) is 0 Å². The van der Waals surface area contributed by atoms with E-state index in [4.69, 9.17) is 0 Å². The van der Waals surface area contributed by atoms with Crippen LogP contribution in [0.2, 0.25) is 0 Å². The van der Waals surface area contributed by atoms with Crippen LogP contribution >= 0.6 is 11.8 Å². The van der Waals surface area contributed by atoms with Crippen molar-refractivity contribution in [1.82, 2.24) is 4.57 Å². The van der Waals surface area contributed by atoms with E-state index in [1.54, 1.807) is 6.07 Å². The molecule has 0 saturated carbocycles. The van der Waals surface area contributed by atoms with Crippen LogP contribution < -0.4 is 10.9 Å². The van der Waals surface area contributed by atoms with Crippen LogP contribution in [-0.4, -0.2) is 27.4 Å². The summed E-state index contributed by atoms with van der Waals surface area (Å²) < 4.78 is 1.42. The number of nitrogens with one attached hydrogen (secondary N) is 1. The smallest absolute Gasteiger partial charge is 0.327 e. The maximum atomic E-state index is 12.8. The van der Waals surface area contributed by atoms with Gasteiger partial charge in [-0.15, -0.1) is 11.8 Å². The first kappa shape index (κ1) is 18.6. The minimum atomic E-state index is -0.967. The molecule has 6 heteroatoms. The van der Waals surface area contributed by atoms with Gasteiger partial charge < -0.3 is 10.4 Å². The number of anilines is 1. The van der Waals surface area contributed by atoms with Crippen LogP contribution in [0.4, 0.5) is 5.69 Å². The molecule has 1 aliphatic heterocycles. The first-order valence-corrected chi connectivity index (χ1v) is 10.3. The van der Waals surface area contributed by atoms with Gasteiger partial charge in [-0.25, -0.2) is 4.79 Å². The van der Waals surface area contributed by atoms with Gasteiger partial charge >= 0.3 is 5.97 Å². The van der Waals surface area contributed by atoms with Crippen LogP contribution in [0.3, 0.4) is 0 Å². The zero-order chi connectivity index (χ0) is 19.8. The molecule has 3 aromatic rings. The molecular weight excluding hydrogens is 372 g/mol. The summed E-state index contributed by atoms with van der Waals surface area (Å²) in [6.07, 6.45) is 0.609. The molecule has 0 fully saturated rings. The summed E-state index contributed by atoms with van der Waals surface area (Å²) in [5.74, 6) is -0.597. The Bertz CT molecular complexity index is 1120. The number of carboxylic acid groups (broad SMARTS) is 1. The Hall–Kier alpha value is -2.73. The van der Waals surface area contributed by atoms with Gasteiger partial charge in [0, 0.05) is 24.3 Å². The molecule has 0 aliphatic carbocycles. The fraction of sp³-hybridized carbons (Fsp3) is 0.273. The van der Waals surface area contributed by atoms with Crippen LogP contribution in [0.15, 0.2) is 58.4 Å². The standard InChI is InChI=1S/C22H22N2O3S/c1-13(2)23-20-16(10-15-8-5-7-14-6-3-4-9-17(14)15)11-19(25)24-18(22(26)27)12-28-21(20)24/h3-9,11,13,18,23H,10,12H2,1-2H3,(H,26,27)/t18-/m0/s1. The molecule has 0 amide bonds. The largest absolute Gasteiger partial charge is 0.480 e. The van der Waals surface area contributed by atoms with E-state index >= 15 is 0 Å². The molecule has 0 radical (unpaired) electrons. The predicted octanol–water partition coefficient (Wildman–Crippen LogP) is 4.14. The molecule has 1 atom stereocenters. The Morgan fingerprint density at radius 2 is 1.96 bits per heavy atom. The lowest BCUT2D eigenvalue weighted by atomic mass is 9.98. The number of thioether (sulfide) groups is 1. The molecule has 2 aromatic carbocycles. The van der Waals surface area contributed by atoms with Crippen molar-refractivity contribution in [2.24, 2.45) is 0 Å². The highest BCUT2D eigenvalue weighted by Crippen LogP contribution is 2.40. The second kappa shape index (κ2) is 7.36. The van der Waals surface area contributed by atoms with Gasteiger partial charge in [-0.1, -0.05) is 42.5 Å². The lowest BCUT2D eigenvalue weighted by molar-refractivity contribution is -0.140. The van der Waals surface area contributed by atoms with E-state index in [0.717, 1.165) is 32.6 Å². The summed E-state index contributed by atoms with van der Waals surface area (Å²) in [7, 11) is 0. The summed E-state index contributed by atoms with van der Waals surface area (Å²) in [5.41, 5.74) is 2.67. The third-order valence-corrected chi connectivity index (χ3v) is 6.11. The van der Waals surface area contributed by atoms with Crippen LogP contribution in [0, 0.1) is 0 Å². The molecule has 28 heavy (non-hydrogen) atoms. The lowest BCUT2D eigenvalue weighted by Crippen LogP contribution is -2.30. The summed E-state index contributed by atoms with van der Waals surface area (Å²) in [6, 6.07) is 15.3. The Kier molecular flexibility index (Phi) is 4.89. The van der Waals surface area contributed by atoms with Crippen LogP contribution in [0.25, 0.3) is 10.8 Å². The number of rotatable bonds is 5. The summed E-state index contributed by atoms with van der Waals surface area (Å²) in [5, 5.41) is 16.0. The van der Waals surface area contributed by atoms with Crippen molar-refractivity contribution < 1.29 is 9.90 Å². The zero-order valence-corrected chi connectivity index (χ0v) is 16.6.